The predicted molar refractivity (Wildman–Crippen MR) is 72.0 cm³/mol. The van der Waals surface area contributed by atoms with Gasteiger partial charge in [-0.25, -0.2) is 4.79 Å². The van der Waals surface area contributed by atoms with Gasteiger partial charge in [-0.3, -0.25) is 0 Å². The predicted octanol–water partition coefficient (Wildman–Crippen LogP) is 3.34. The molecule has 1 aromatic heterocycles. The van der Waals surface area contributed by atoms with Gasteiger partial charge < -0.3 is 14.6 Å². The molecule has 0 aliphatic rings. The van der Waals surface area contributed by atoms with Gasteiger partial charge in [-0.15, -0.1) is 0 Å². The van der Waals surface area contributed by atoms with Crippen LogP contribution < -0.4 is 9.47 Å². The zero-order valence-corrected chi connectivity index (χ0v) is 11.5. The fourth-order valence-electron chi connectivity index (χ4n) is 1.44. The van der Waals surface area contributed by atoms with E-state index in [4.69, 9.17) is 14.6 Å². The van der Waals surface area contributed by atoms with Gasteiger partial charge in [0.1, 0.15) is 11.3 Å². The van der Waals surface area contributed by atoms with E-state index < -0.39 is 5.97 Å². The van der Waals surface area contributed by atoms with E-state index in [-0.39, 0.29) is 17.2 Å². The van der Waals surface area contributed by atoms with E-state index in [0.717, 1.165) is 0 Å². The van der Waals surface area contributed by atoms with E-state index in [1.807, 2.05) is 0 Å². The molecule has 5 nitrogen and oxygen atoms in total. The van der Waals surface area contributed by atoms with Gasteiger partial charge >= 0.3 is 5.97 Å². The van der Waals surface area contributed by atoms with Crippen LogP contribution in [-0.4, -0.2) is 23.2 Å². The summed E-state index contributed by atoms with van der Waals surface area (Å²) in [5, 5.41) is 9.12. The Morgan fingerprint density at radius 3 is 2.68 bits per heavy atom. The highest BCUT2D eigenvalue weighted by Gasteiger charge is 2.13. The molecule has 2 aromatic rings. The van der Waals surface area contributed by atoms with Gasteiger partial charge in [0, 0.05) is 16.6 Å². The Morgan fingerprint density at radius 1 is 1.26 bits per heavy atom. The lowest BCUT2D eigenvalue weighted by Gasteiger charge is -2.09. The molecule has 6 heteroatoms. The number of hydrogen-bond acceptors (Lipinski definition) is 4. The number of carboxylic acid groups (broad SMARTS) is 1. The molecule has 98 valence electrons. The smallest absolute Gasteiger partial charge is 0.339 e. The Hall–Kier alpha value is -2.08. The molecule has 0 amide bonds. The highest BCUT2D eigenvalue weighted by atomic mass is 79.9. The van der Waals surface area contributed by atoms with Crippen molar-refractivity contribution in [3.63, 3.8) is 0 Å². The summed E-state index contributed by atoms with van der Waals surface area (Å²) in [6.45, 7) is 0. The van der Waals surface area contributed by atoms with Crippen molar-refractivity contribution in [2.24, 2.45) is 0 Å². The molecular formula is C13H10BrNO4. The van der Waals surface area contributed by atoms with Crippen LogP contribution in [0, 0.1) is 0 Å². The first-order chi connectivity index (χ1) is 9.10. The molecule has 1 heterocycles. The molecule has 1 N–H and O–H groups in total. The molecule has 2 rings (SSSR count). The molecule has 0 aliphatic heterocycles. The van der Waals surface area contributed by atoms with Crippen molar-refractivity contribution in [3.05, 3.63) is 46.4 Å². The van der Waals surface area contributed by atoms with Gasteiger partial charge in [-0.05, 0) is 18.2 Å². The molecule has 1 aromatic carbocycles. The number of carbonyl (C=O) groups is 1. The summed E-state index contributed by atoms with van der Waals surface area (Å²) in [6, 6.07) is 9.73. The van der Waals surface area contributed by atoms with E-state index in [1.54, 1.807) is 30.3 Å². The zero-order chi connectivity index (χ0) is 13.8. The average Bonchev–Trinajstić information content (AvgIpc) is 2.41. The molecule has 0 radical (unpaired) electrons. The summed E-state index contributed by atoms with van der Waals surface area (Å²) >= 11 is 3.22. The Bertz CT molecular complexity index is 615. The number of carboxylic acids is 1. The molecular weight excluding hydrogens is 314 g/mol. The van der Waals surface area contributed by atoms with Crippen LogP contribution in [0.5, 0.6) is 17.5 Å². The largest absolute Gasteiger partial charge is 0.481 e. The third-order valence-corrected chi connectivity index (χ3v) is 2.79. The second-order valence-corrected chi connectivity index (χ2v) is 4.48. The Labute approximate surface area is 117 Å². The lowest BCUT2D eigenvalue weighted by molar-refractivity contribution is 0.0694. The first kappa shape index (κ1) is 13.4. The number of pyridine rings is 1. The zero-order valence-electron chi connectivity index (χ0n) is 9.96. The Kier molecular flexibility index (Phi) is 4.01. The number of rotatable bonds is 4. The van der Waals surface area contributed by atoms with Crippen molar-refractivity contribution in [3.8, 4) is 17.5 Å². The fourth-order valence-corrected chi connectivity index (χ4v) is 1.80. The van der Waals surface area contributed by atoms with Crippen molar-refractivity contribution in [1.82, 2.24) is 4.98 Å². The number of ether oxygens (including phenoxy) is 2. The summed E-state index contributed by atoms with van der Waals surface area (Å²) in [4.78, 5) is 15.2. The Morgan fingerprint density at radius 2 is 2.00 bits per heavy atom. The van der Waals surface area contributed by atoms with Crippen molar-refractivity contribution < 1.29 is 19.4 Å². The molecule has 0 saturated heterocycles. The van der Waals surface area contributed by atoms with Gasteiger partial charge in [0.25, 0.3) is 0 Å². The second kappa shape index (κ2) is 5.71. The maximum Gasteiger partial charge on any atom is 0.339 e. The number of aromatic carboxylic acids is 1. The van der Waals surface area contributed by atoms with E-state index >= 15 is 0 Å². The summed E-state index contributed by atoms with van der Waals surface area (Å²) in [5.74, 6) is -0.189. The minimum Gasteiger partial charge on any atom is -0.481 e. The van der Waals surface area contributed by atoms with Crippen LogP contribution in [0.2, 0.25) is 0 Å². The molecule has 0 atom stereocenters. The second-order valence-electron chi connectivity index (χ2n) is 3.57. The van der Waals surface area contributed by atoms with Gasteiger partial charge in [-0.2, -0.15) is 4.98 Å². The van der Waals surface area contributed by atoms with Crippen LogP contribution in [0.25, 0.3) is 0 Å². The first-order valence-corrected chi connectivity index (χ1v) is 6.11. The first-order valence-electron chi connectivity index (χ1n) is 5.32. The van der Waals surface area contributed by atoms with Crippen LogP contribution >= 0.6 is 15.9 Å². The molecule has 0 bridgehead atoms. The van der Waals surface area contributed by atoms with E-state index in [1.165, 1.54) is 13.2 Å². The van der Waals surface area contributed by atoms with Crippen LogP contribution in [0.4, 0.5) is 0 Å². The van der Waals surface area contributed by atoms with Crippen molar-refractivity contribution >= 4 is 21.9 Å². The Balaban J connectivity index is 2.34. The third-order valence-electron chi connectivity index (χ3n) is 2.29. The fraction of sp³-hybridized carbons (Fsp3) is 0.0769. The van der Waals surface area contributed by atoms with Crippen LogP contribution in [0.3, 0.4) is 0 Å². The highest BCUT2D eigenvalue weighted by molar-refractivity contribution is 9.10. The van der Waals surface area contributed by atoms with Crippen LogP contribution in [-0.2, 0) is 0 Å². The molecule has 0 aliphatic carbocycles. The topological polar surface area (TPSA) is 68.7 Å². The molecule has 0 saturated carbocycles. The van der Waals surface area contributed by atoms with Crippen LogP contribution in [0.15, 0.2) is 40.9 Å². The SMILES string of the molecule is COc1cccc(Oc2ccc(Br)cc2C(=O)O)n1. The molecule has 0 unspecified atom stereocenters. The van der Waals surface area contributed by atoms with Gasteiger partial charge in [0.15, 0.2) is 0 Å². The average molecular weight is 324 g/mol. The van der Waals surface area contributed by atoms with Gasteiger partial charge in [-0.1, -0.05) is 22.0 Å². The molecule has 0 fully saturated rings. The number of benzene rings is 1. The maximum atomic E-state index is 11.1. The van der Waals surface area contributed by atoms with Gasteiger partial charge in [0.05, 0.1) is 7.11 Å². The summed E-state index contributed by atoms with van der Waals surface area (Å²) < 4.78 is 11.1. The van der Waals surface area contributed by atoms with Crippen LogP contribution in [0.1, 0.15) is 10.4 Å². The maximum absolute atomic E-state index is 11.1. The highest BCUT2D eigenvalue weighted by Crippen LogP contribution is 2.28. The van der Waals surface area contributed by atoms with Gasteiger partial charge in [0.2, 0.25) is 11.8 Å². The lowest BCUT2D eigenvalue weighted by atomic mass is 10.2. The lowest BCUT2D eigenvalue weighted by Crippen LogP contribution is -2.01. The quantitative estimate of drug-likeness (QED) is 0.934. The number of aromatic nitrogens is 1. The monoisotopic (exact) mass is 323 g/mol. The molecule has 0 spiro atoms. The number of halogens is 1. The summed E-state index contributed by atoms with van der Waals surface area (Å²) in [5.41, 5.74) is 0.0546. The summed E-state index contributed by atoms with van der Waals surface area (Å²) in [7, 11) is 1.49. The molecule has 19 heavy (non-hydrogen) atoms. The minimum atomic E-state index is -1.07. The number of nitrogens with zero attached hydrogens (tertiary/aromatic N) is 1. The van der Waals surface area contributed by atoms with Crippen molar-refractivity contribution in [1.29, 1.82) is 0 Å². The van der Waals surface area contributed by atoms with E-state index in [9.17, 15) is 4.79 Å². The number of hydrogen-bond donors (Lipinski definition) is 1. The number of methoxy groups -OCH3 is 1. The third kappa shape index (κ3) is 3.23. The summed E-state index contributed by atoms with van der Waals surface area (Å²) in [6.07, 6.45) is 0. The minimum absolute atomic E-state index is 0.0546. The van der Waals surface area contributed by atoms with Crippen molar-refractivity contribution in [2.75, 3.05) is 7.11 Å². The standard InChI is InChI=1S/C13H10BrNO4/c1-18-11-3-2-4-12(15-11)19-10-6-5-8(14)7-9(10)13(16)17/h2-7H,1H3,(H,16,17). The normalized spacial score (nSPS) is 10.0. The van der Waals surface area contributed by atoms with E-state index in [0.29, 0.717) is 10.4 Å². The van der Waals surface area contributed by atoms with Crippen molar-refractivity contribution in [2.45, 2.75) is 0 Å². The van der Waals surface area contributed by atoms with E-state index in [2.05, 4.69) is 20.9 Å².